The Labute approximate surface area is 208 Å². The third-order valence-corrected chi connectivity index (χ3v) is 6.64. The zero-order chi connectivity index (χ0) is 24.2. The number of carbonyl (C=O) groups excluding carboxylic acids is 2. The summed E-state index contributed by atoms with van der Waals surface area (Å²) in [5, 5.41) is 1.10. The van der Waals surface area contributed by atoms with Crippen molar-refractivity contribution >= 4 is 46.4 Å². The van der Waals surface area contributed by atoms with Crippen molar-refractivity contribution in [2.24, 2.45) is 5.92 Å². The Morgan fingerprint density at radius 3 is 2.41 bits per heavy atom. The Balaban J connectivity index is 1.29. The van der Waals surface area contributed by atoms with Gasteiger partial charge >= 0.3 is 0 Å². The number of hydrogen-bond donors (Lipinski definition) is 2. The molecule has 1 saturated heterocycles. The maximum atomic E-state index is 12.7. The Bertz CT molecular complexity index is 1190. The van der Waals surface area contributed by atoms with Crippen LogP contribution in [0.1, 0.15) is 23.1 Å². The number of amides is 2. The van der Waals surface area contributed by atoms with Gasteiger partial charge in [-0.25, -0.2) is 0 Å². The highest BCUT2D eigenvalue weighted by molar-refractivity contribution is 6.35. The predicted octanol–water partition coefficient (Wildman–Crippen LogP) is 5.69. The lowest BCUT2D eigenvalue weighted by atomic mass is 10.1. The van der Waals surface area contributed by atoms with Crippen LogP contribution in [0.15, 0.2) is 60.7 Å². The van der Waals surface area contributed by atoms with Crippen LogP contribution in [-0.4, -0.2) is 18.4 Å². The number of halogens is 2. The maximum Gasteiger partial charge on any atom is 0.243 e. The highest BCUT2D eigenvalue weighted by atomic mass is 35.5. The fraction of sp³-hybridized carbons (Fsp3) is 0.231. The molecular formula is C26H25Cl2N3O3. The number of rotatable bonds is 7. The fourth-order valence-corrected chi connectivity index (χ4v) is 4.23. The monoisotopic (exact) mass is 497 g/mol. The van der Waals surface area contributed by atoms with Crippen molar-refractivity contribution in [3.8, 4) is 5.75 Å². The lowest BCUT2D eigenvalue weighted by Crippen LogP contribution is -2.36. The minimum atomic E-state index is -0.426. The van der Waals surface area contributed by atoms with Crippen molar-refractivity contribution < 1.29 is 14.3 Å². The van der Waals surface area contributed by atoms with Crippen LogP contribution >= 0.6 is 23.2 Å². The van der Waals surface area contributed by atoms with Gasteiger partial charge in [-0.15, -0.1) is 0 Å². The number of aryl methyl sites for hydroxylation is 2. The molecule has 4 rings (SSSR count). The van der Waals surface area contributed by atoms with E-state index in [0.717, 1.165) is 22.4 Å². The highest BCUT2D eigenvalue weighted by Crippen LogP contribution is 2.28. The standard InChI is InChI=1S/C26H25Cl2N3O3/c1-16-6-9-20(12-17(16)2)31-14-18(13-25(31)32)26(33)30-29-19-7-10-21(11-8-19)34-15-22-23(27)4-3-5-24(22)28/h3-12,18,29H,13-15H2,1-2H3,(H,30,33)/t18-/m1/s1. The van der Waals surface area contributed by atoms with E-state index >= 15 is 0 Å². The molecule has 0 saturated carbocycles. The van der Waals surface area contributed by atoms with Gasteiger partial charge in [-0.05, 0) is 73.5 Å². The van der Waals surface area contributed by atoms with Crippen molar-refractivity contribution in [2.75, 3.05) is 16.9 Å². The number of benzene rings is 3. The van der Waals surface area contributed by atoms with Crippen LogP contribution in [-0.2, 0) is 16.2 Å². The number of hydrazine groups is 1. The summed E-state index contributed by atoms with van der Waals surface area (Å²) in [7, 11) is 0. The zero-order valence-electron chi connectivity index (χ0n) is 18.9. The molecule has 6 nitrogen and oxygen atoms in total. The van der Waals surface area contributed by atoms with E-state index in [2.05, 4.69) is 10.9 Å². The topological polar surface area (TPSA) is 70.7 Å². The lowest BCUT2D eigenvalue weighted by molar-refractivity contribution is -0.125. The van der Waals surface area contributed by atoms with Gasteiger partial charge in [0.05, 0.1) is 11.6 Å². The third kappa shape index (κ3) is 5.46. The van der Waals surface area contributed by atoms with Gasteiger partial charge in [0.25, 0.3) is 0 Å². The summed E-state index contributed by atoms with van der Waals surface area (Å²) >= 11 is 12.3. The molecule has 3 aromatic rings. The van der Waals surface area contributed by atoms with E-state index in [9.17, 15) is 9.59 Å². The molecule has 1 aliphatic heterocycles. The van der Waals surface area contributed by atoms with Crippen LogP contribution in [0.25, 0.3) is 0 Å². The molecule has 1 atom stereocenters. The molecule has 8 heteroatoms. The quantitative estimate of drug-likeness (QED) is 0.411. The van der Waals surface area contributed by atoms with Gasteiger partial charge in [-0.2, -0.15) is 0 Å². The smallest absolute Gasteiger partial charge is 0.243 e. The summed E-state index contributed by atoms with van der Waals surface area (Å²) < 4.78 is 5.77. The average molecular weight is 498 g/mol. The van der Waals surface area contributed by atoms with Gasteiger partial charge in [0.1, 0.15) is 12.4 Å². The van der Waals surface area contributed by atoms with Gasteiger partial charge in [0.15, 0.2) is 0 Å². The average Bonchev–Trinajstić information content (AvgIpc) is 3.21. The fourth-order valence-electron chi connectivity index (χ4n) is 3.72. The second-order valence-corrected chi connectivity index (χ2v) is 9.12. The molecule has 1 aliphatic rings. The number of nitrogens with zero attached hydrogens (tertiary/aromatic N) is 1. The van der Waals surface area contributed by atoms with Crippen molar-refractivity contribution in [2.45, 2.75) is 26.9 Å². The number of nitrogens with one attached hydrogen (secondary N) is 2. The van der Waals surface area contributed by atoms with Crippen LogP contribution in [0, 0.1) is 19.8 Å². The van der Waals surface area contributed by atoms with E-state index < -0.39 is 5.92 Å². The first kappa shape index (κ1) is 23.9. The normalized spacial score (nSPS) is 15.4. The molecule has 34 heavy (non-hydrogen) atoms. The first-order valence-electron chi connectivity index (χ1n) is 10.9. The molecule has 176 valence electrons. The van der Waals surface area contributed by atoms with Crippen LogP contribution in [0.3, 0.4) is 0 Å². The Kier molecular flexibility index (Phi) is 7.29. The SMILES string of the molecule is Cc1ccc(N2C[C@H](C(=O)NNc3ccc(OCc4c(Cl)cccc4Cl)cc3)CC2=O)cc1C. The van der Waals surface area contributed by atoms with Gasteiger partial charge in [-0.3, -0.25) is 20.4 Å². The summed E-state index contributed by atoms with van der Waals surface area (Å²) in [6, 6.07) is 18.3. The van der Waals surface area contributed by atoms with E-state index in [0.29, 0.717) is 28.0 Å². The molecule has 0 aromatic heterocycles. The third-order valence-electron chi connectivity index (χ3n) is 5.93. The number of anilines is 2. The van der Waals surface area contributed by atoms with Crippen molar-refractivity contribution in [1.82, 2.24) is 5.43 Å². The Morgan fingerprint density at radius 2 is 1.74 bits per heavy atom. The van der Waals surface area contributed by atoms with E-state index in [-0.39, 0.29) is 24.8 Å². The van der Waals surface area contributed by atoms with E-state index in [1.807, 2.05) is 32.0 Å². The van der Waals surface area contributed by atoms with Crippen molar-refractivity contribution in [3.05, 3.63) is 87.4 Å². The molecule has 3 aromatic carbocycles. The molecule has 0 aliphatic carbocycles. The van der Waals surface area contributed by atoms with Crippen molar-refractivity contribution in [3.63, 3.8) is 0 Å². The molecule has 0 spiro atoms. The van der Waals surface area contributed by atoms with Crippen LogP contribution in [0.4, 0.5) is 11.4 Å². The van der Waals surface area contributed by atoms with Crippen LogP contribution in [0.5, 0.6) is 5.75 Å². The molecular weight excluding hydrogens is 473 g/mol. The Morgan fingerprint density at radius 1 is 1.03 bits per heavy atom. The minimum Gasteiger partial charge on any atom is -0.489 e. The second-order valence-electron chi connectivity index (χ2n) is 8.30. The number of ether oxygens (including phenoxy) is 1. The largest absolute Gasteiger partial charge is 0.489 e. The van der Waals surface area contributed by atoms with E-state index in [1.54, 1.807) is 47.4 Å². The highest BCUT2D eigenvalue weighted by Gasteiger charge is 2.35. The van der Waals surface area contributed by atoms with Gasteiger partial charge in [-0.1, -0.05) is 35.3 Å². The van der Waals surface area contributed by atoms with Crippen LogP contribution < -0.4 is 20.5 Å². The Hall–Kier alpha value is -3.22. The second kappa shape index (κ2) is 10.4. The van der Waals surface area contributed by atoms with E-state index in [1.165, 1.54) is 0 Å². The number of carbonyl (C=O) groups is 2. The molecule has 0 radical (unpaired) electrons. The molecule has 0 unspecified atom stereocenters. The summed E-state index contributed by atoms with van der Waals surface area (Å²) in [5.74, 6) is -0.0697. The zero-order valence-corrected chi connectivity index (χ0v) is 20.4. The molecule has 2 N–H and O–H groups in total. The van der Waals surface area contributed by atoms with Gasteiger partial charge < -0.3 is 9.64 Å². The van der Waals surface area contributed by atoms with Gasteiger partial charge in [0.2, 0.25) is 11.8 Å². The molecule has 1 fully saturated rings. The van der Waals surface area contributed by atoms with E-state index in [4.69, 9.17) is 27.9 Å². The summed E-state index contributed by atoms with van der Waals surface area (Å²) in [6.07, 6.45) is 0.178. The maximum absolute atomic E-state index is 12.7. The first-order chi connectivity index (χ1) is 16.3. The number of hydrogen-bond acceptors (Lipinski definition) is 4. The molecule has 1 heterocycles. The first-order valence-corrected chi connectivity index (χ1v) is 11.7. The van der Waals surface area contributed by atoms with Crippen molar-refractivity contribution in [1.29, 1.82) is 0 Å². The predicted molar refractivity (Wildman–Crippen MR) is 135 cm³/mol. The van der Waals surface area contributed by atoms with Crippen LogP contribution in [0.2, 0.25) is 10.0 Å². The minimum absolute atomic E-state index is 0.0523. The molecule has 0 bridgehead atoms. The summed E-state index contributed by atoms with van der Waals surface area (Å²) in [6.45, 7) is 4.64. The lowest BCUT2D eigenvalue weighted by Gasteiger charge is -2.18. The summed E-state index contributed by atoms with van der Waals surface area (Å²) in [5.41, 5.74) is 10.1. The summed E-state index contributed by atoms with van der Waals surface area (Å²) in [4.78, 5) is 26.8. The van der Waals surface area contributed by atoms with Gasteiger partial charge in [0, 0.05) is 34.3 Å². The molecule has 2 amide bonds.